The number of allylic oxidation sites excluding steroid dienone is 2. The summed E-state index contributed by atoms with van der Waals surface area (Å²) in [5.74, 6) is -3.56. The Balaban J connectivity index is 1.63. The lowest BCUT2D eigenvalue weighted by molar-refractivity contribution is -0.157. The van der Waals surface area contributed by atoms with Gasteiger partial charge in [0.1, 0.15) is 25.2 Å². The molecule has 280 valence electrons. The minimum Gasteiger partial charge on any atom is -0.468 e. The molecule has 4 rings (SSSR count). The molecule has 3 heterocycles. The van der Waals surface area contributed by atoms with E-state index in [4.69, 9.17) is 14.2 Å². The monoisotopic (exact) mass is 712 g/mol. The van der Waals surface area contributed by atoms with Crippen molar-refractivity contribution in [1.82, 2.24) is 20.9 Å². The van der Waals surface area contributed by atoms with Crippen LogP contribution in [0.1, 0.15) is 84.1 Å². The van der Waals surface area contributed by atoms with Crippen molar-refractivity contribution < 1.29 is 47.7 Å². The molecule has 0 aliphatic carbocycles. The summed E-state index contributed by atoms with van der Waals surface area (Å²) in [6.07, 6.45) is 6.92. The number of alkyl carbamates (subject to hydrolysis) is 1. The molecule has 14 heteroatoms. The molecule has 3 aliphatic heterocycles. The van der Waals surface area contributed by atoms with Crippen LogP contribution in [0.4, 0.5) is 4.79 Å². The van der Waals surface area contributed by atoms with E-state index < -0.39 is 78.2 Å². The highest BCUT2D eigenvalue weighted by Crippen LogP contribution is 2.43. The summed E-state index contributed by atoms with van der Waals surface area (Å²) in [6.45, 7) is 4.72. The maximum absolute atomic E-state index is 14.4. The zero-order chi connectivity index (χ0) is 37.0. The van der Waals surface area contributed by atoms with Crippen LogP contribution >= 0.6 is 0 Å². The van der Waals surface area contributed by atoms with Crippen molar-refractivity contribution >= 4 is 35.8 Å². The predicted molar refractivity (Wildman–Crippen MR) is 185 cm³/mol. The van der Waals surface area contributed by atoms with Crippen molar-refractivity contribution in [2.45, 2.75) is 121 Å². The molecule has 0 aromatic heterocycles. The Labute approximate surface area is 299 Å². The van der Waals surface area contributed by atoms with Gasteiger partial charge in [-0.2, -0.15) is 0 Å². The Kier molecular flexibility index (Phi) is 14.4. The Morgan fingerprint density at radius 3 is 2.37 bits per heavy atom. The van der Waals surface area contributed by atoms with Crippen LogP contribution in [-0.4, -0.2) is 96.8 Å². The lowest BCUT2D eigenvalue weighted by Crippen LogP contribution is -2.59. The number of amides is 4. The zero-order valence-corrected chi connectivity index (χ0v) is 30.0. The van der Waals surface area contributed by atoms with E-state index in [-0.39, 0.29) is 25.5 Å². The summed E-state index contributed by atoms with van der Waals surface area (Å²) in [7, 11) is 1.18. The number of benzene rings is 1. The van der Waals surface area contributed by atoms with Gasteiger partial charge in [0.2, 0.25) is 11.8 Å². The van der Waals surface area contributed by atoms with Crippen LogP contribution < -0.4 is 16.0 Å². The van der Waals surface area contributed by atoms with Gasteiger partial charge in [-0.05, 0) is 64.4 Å². The van der Waals surface area contributed by atoms with Crippen molar-refractivity contribution in [3.63, 3.8) is 0 Å². The quantitative estimate of drug-likeness (QED) is 0.206. The minimum absolute atomic E-state index is 0.0261. The maximum Gasteiger partial charge on any atom is 0.408 e. The average molecular weight is 713 g/mol. The Hall–Kier alpha value is -4.46. The summed E-state index contributed by atoms with van der Waals surface area (Å²) in [6, 6.07) is 6.25. The van der Waals surface area contributed by atoms with E-state index in [0.29, 0.717) is 25.7 Å². The van der Waals surface area contributed by atoms with Gasteiger partial charge in [-0.3, -0.25) is 24.0 Å². The highest BCUT2D eigenvalue weighted by atomic mass is 16.6. The second-order valence-electron chi connectivity index (χ2n) is 14.0. The van der Waals surface area contributed by atoms with E-state index in [1.54, 1.807) is 0 Å². The molecular weight excluding hydrogens is 660 g/mol. The van der Waals surface area contributed by atoms with Gasteiger partial charge in [0.25, 0.3) is 5.91 Å². The van der Waals surface area contributed by atoms with Crippen molar-refractivity contribution in [1.29, 1.82) is 0 Å². The van der Waals surface area contributed by atoms with Crippen LogP contribution in [0.25, 0.3) is 0 Å². The van der Waals surface area contributed by atoms with E-state index in [1.807, 2.05) is 44.2 Å². The first-order valence-electron chi connectivity index (χ1n) is 17.8. The second kappa shape index (κ2) is 18.7. The minimum atomic E-state index is -1.46. The summed E-state index contributed by atoms with van der Waals surface area (Å²) < 4.78 is 21.8. The van der Waals surface area contributed by atoms with Gasteiger partial charge in [-0.25, -0.2) is 4.79 Å². The van der Waals surface area contributed by atoms with Crippen LogP contribution in [-0.2, 0) is 49.5 Å². The number of hydrogen-bond acceptors (Lipinski definition) is 10. The predicted octanol–water partition coefficient (Wildman–Crippen LogP) is 3.07. The normalized spacial score (nSPS) is 26.0. The molecule has 0 saturated carbocycles. The number of carbonyl (C=O) groups excluding carboxylic acids is 6. The van der Waals surface area contributed by atoms with Gasteiger partial charge in [0, 0.05) is 19.4 Å². The van der Waals surface area contributed by atoms with Gasteiger partial charge >= 0.3 is 18.0 Å². The number of nitrogens with one attached hydrogen (secondary N) is 3. The lowest BCUT2D eigenvalue weighted by Gasteiger charge is -2.34. The highest BCUT2D eigenvalue weighted by molar-refractivity contribution is 5.93. The molecule has 1 aromatic carbocycles. The molecule has 0 radical (unpaired) electrons. The molecular formula is C37H52N4O10. The third-order valence-corrected chi connectivity index (χ3v) is 9.44. The second-order valence-corrected chi connectivity index (χ2v) is 14.0. The maximum atomic E-state index is 14.4. The van der Waals surface area contributed by atoms with E-state index in [0.717, 1.165) is 38.2 Å². The molecule has 3 aliphatic rings. The zero-order valence-electron chi connectivity index (χ0n) is 30.0. The first-order valence-corrected chi connectivity index (χ1v) is 17.8. The summed E-state index contributed by atoms with van der Waals surface area (Å²) in [5.41, 5.74) is 0.251. The fourth-order valence-electron chi connectivity index (χ4n) is 7.07. The summed E-state index contributed by atoms with van der Waals surface area (Å²) in [4.78, 5) is 80.7. The largest absolute Gasteiger partial charge is 0.468 e. The molecule has 6 atom stereocenters. The molecule has 1 aromatic rings. The molecule has 2 saturated heterocycles. The van der Waals surface area contributed by atoms with Crippen LogP contribution in [0.3, 0.4) is 0 Å². The Morgan fingerprint density at radius 1 is 1.02 bits per heavy atom. The molecule has 14 nitrogen and oxygen atoms in total. The molecule has 0 bridgehead atoms. The highest BCUT2D eigenvalue weighted by Gasteiger charge is 2.56. The molecule has 2 fully saturated rings. The van der Waals surface area contributed by atoms with Gasteiger partial charge in [-0.1, -0.05) is 55.3 Å². The third-order valence-electron chi connectivity index (χ3n) is 9.44. The number of fused-ring (bicyclic) bond motifs is 3. The van der Waals surface area contributed by atoms with Crippen LogP contribution in [0, 0.1) is 5.92 Å². The third kappa shape index (κ3) is 11.5. The lowest BCUT2D eigenvalue weighted by atomic mass is 9.89. The fraction of sp³-hybridized carbons (Fsp3) is 0.622. The first-order chi connectivity index (χ1) is 24.4. The van der Waals surface area contributed by atoms with Crippen molar-refractivity contribution in [2.75, 3.05) is 20.2 Å². The Bertz CT molecular complexity index is 1420. The first kappa shape index (κ1) is 39.3. The average Bonchev–Trinajstić information content (AvgIpc) is 3.59. The van der Waals surface area contributed by atoms with E-state index >= 15 is 0 Å². The van der Waals surface area contributed by atoms with Crippen molar-refractivity contribution in [3.8, 4) is 0 Å². The molecule has 1 unspecified atom stereocenters. The number of nitrogens with zero attached hydrogens (tertiary/aromatic N) is 1. The van der Waals surface area contributed by atoms with Gasteiger partial charge in [-0.15, -0.1) is 0 Å². The summed E-state index contributed by atoms with van der Waals surface area (Å²) in [5, 5.41) is 8.15. The smallest absolute Gasteiger partial charge is 0.408 e. The molecule has 3 N–H and O–H groups in total. The number of esters is 2. The number of methoxy groups -OCH3 is 1. The standard InChI is InChI=1S/C37H52N4O10/c1-24(42)50-32(34(45)38-21-30(43)48-4)27-18-14-9-7-5-6-8-10-15-19-28(40-36(47)49-23-25-16-12-11-13-17-25)35(46)41-22-29-26(20-37(2,3)51-29)31(41)33(44)39-27/h5-6,11-13,16-17,26-29,31-32H,7-10,14-15,18-23H2,1-4H3,(H,38,45)(H,39,44)(H,40,47)/t26-,27-,28-,29-,31-,32?/m0/s1. The molecule has 51 heavy (non-hydrogen) atoms. The fourth-order valence-corrected chi connectivity index (χ4v) is 7.07. The molecule has 0 spiro atoms. The van der Waals surface area contributed by atoms with E-state index in [9.17, 15) is 28.8 Å². The number of carbonyl (C=O) groups is 6. The number of ether oxygens (including phenoxy) is 4. The van der Waals surface area contributed by atoms with E-state index in [2.05, 4.69) is 32.8 Å². The van der Waals surface area contributed by atoms with Crippen LogP contribution in [0.2, 0.25) is 0 Å². The molecule has 4 amide bonds. The van der Waals surface area contributed by atoms with Crippen molar-refractivity contribution in [3.05, 3.63) is 48.0 Å². The van der Waals surface area contributed by atoms with Crippen molar-refractivity contribution in [2.24, 2.45) is 5.92 Å². The van der Waals surface area contributed by atoms with Gasteiger partial charge in [0.15, 0.2) is 6.10 Å². The van der Waals surface area contributed by atoms with E-state index in [1.165, 1.54) is 12.0 Å². The number of hydrogen-bond donors (Lipinski definition) is 3. The van der Waals surface area contributed by atoms with Crippen LogP contribution in [0.15, 0.2) is 42.5 Å². The Morgan fingerprint density at radius 2 is 1.71 bits per heavy atom. The van der Waals surface area contributed by atoms with Gasteiger partial charge < -0.3 is 39.8 Å². The summed E-state index contributed by atoms with van der Waals surface area (Å²) >= 11 is 0. The van der Waals surface area contributed by atoms with Gasteiger partial charge in [0.05, 0.1) is 24.9 Å². The number of rotatable bonds is 8. The SMILES string of the molecule is COC(=O)CNC(=O)C(OC(C)=O)[C@@H]1CCCCC=CCCCC[C@H](NC(=O)OCc2ccccc2)C(=O)N2C[C@@H]3OC(C)(C)C[C@@H]3[C@H]2C(=O)N1. The van der Waals surface area contributed by atoms with Crippen LogP contribution in [0.5, 0.6) is 0 Å². The topological polar surface area (TPSA) is 179 Å².